The minimum Gasteiger partial charge on any atom is -0.388 e. The average Bonchev–Trinajstić information content (AvgIpc) is 2.38. The van der Waals surface area contributed by atoms with Gasteiger partial charge in [-0.3, -0.25) is 0 Å². The average molecular weight is 219 g/mol. The maximum Gasteiger partial charge on any atom is 0.0802 e. The van der Waals surface area contributed by atoms with E-state index in [1.54, 1.807) is 0 Å². The molecule has 0 radical (unpaired) electrons. The summed E-state index contributed by atoms with van der Waals surface area (Å²) in [6, 6.07) is 9.96. The van der Waals surface area contributed by atoms with E-state index >= 15 is 0 Å². The predicted octanol–water partition coefficient (Wildman–Crippen LogP) is 2.60. The number of hydrogen-bond donors (Lipinski definition) is 1. The van der Waals surface area contributed by atoms with Gasteiger partial charge in [-0.1, -0.05) is 36.8 Å². The number of piperidine rings is 1. The van der Waals surface area contributed by atoms with Crippen molar-refractivity contribution < 1.29 is 5.11 Å². The van der Waals surface area contributed by atoms with Crippen LogP contribution in [-0.4, -0.2) is 29.6 Å². The summed E-state index contributed by atoms with van der Waals surface area (Å²) in [4.78, 5) is 2.47. The fourth-order valence-corrected chi connectivity index (χ4v) is 2.33. The number of hydrogen-bond acceptors (Lipinski definition) is 2. The summed E-state index contributed by atoms with van der Waals surface area (Å²) in [5.41, 5.74) is 1.04. The van der Waals surface area contributed by atoms with Crippen molar-refractivity contribution in [1.29, 1.82) is 0 Å². The van der Waals surface area contributed by atoms with Crippen molar-refractivity contribution in [3.8, 4) is 0 Å². The lowest BCUT2D eigenvalue weighted by molar-refractivity contribution is 0.134. The lowest BCUT2D eigenvalue weighted by atomic mass is 10.1. The third-order valence-electron chi connectivity index (χ3n) is 3.35. The standard InChI is InChI=1S/C14H21NO/c16-14(13-7-3-1-4-8-13)9-12-15-10-5-2-6-11-15/h1,3-4,7-8,14,16H,2,5-6,9-12H2/t14-/m1/s1. The zero-order valence-electron chi connectivity index (χ0n) is 9.81. The van der Waals surface area contributed by atoms with Crippen molar-refractivity contribution in [2.45, 2.75) is 31.8 Å². The second kappa shape index (κ2) is 6.02. The Morgan fingerprint density at radius 2 is 1.75 bits per heavy atom. The summed E-state index contributed by atoms with van der Waals surface area (Å²) < 4.78 is 0. The molecule has 1 heterocycles. The maximum atomic E-state index is 10.0. The van der Waals surface area contributed by atoms with Crippen LogP contribution in [0.25, 0.3) is 0 Å². The van der Waals surface area contributed by atoms with Crippen LogP contribution in [0.4, 0.5) is 0 Å². The molecule has 1 aromatic carbocycles. The Hall–Kier alpha value is -0.860. The van der Waals surface area contributed by atoms with Crippen LogP contribution >= 0.6 is 0 Å². The first-order valence-corrected chi connectivity index (χ1v) is 6.31. The molecule has 0 unspecified atom stereocenters. The van der Waals surface area contributed by atoms with Crippen LogP contribution < -0.4 is 0 Å². The Bertz CT molecular complexity index is 293. The monoisotopic (exact) mass is 219 g/mol. The van der Waals surface area contributed by atoms with Crippen LogP contribution in [0.5, 0.6) is 0 Å². The first kappa shape index (κ1) is 11.6. The van der Waals surface area contributed by atoms with Crippen molar-refractivity contribution >= 4 is 0 Å². The van der Waals surface area contributed by atoms with Gasteiger partial charge in [-0.2, -0.15) is 0 Å². The summed E-state index contributed by atoms with van der Waals surface area (Å²) in [6.07, 6.45) is 4.56. The van der Waals surface area contributed by atoms with E-state index in [1.165, 1.54) is 32.4 Å². The lowest BCUT2D eigenvalue weighted by Crippen LogP contribution is -2.31. The molecule has 0 amide bonds. The van der Waals surface area contributed by atoms with Gasteiger partial charge < -0.3 is 10.0 Å². The van der Waals surface area contributed by atoms with Crippen LogP contribution in [0, 0.1) is 0 Å². The van der Waals surface area contributed by atoms with Crippen LogP contribution in [0.1, 0.15) is 37.4 Å². The number of aliphatic hydroxyl groups excluding tert-OH is 1. The van der Waals surface area contributed by atoms with Gasteiger partial charge in [0.05, 0.1) is 6.10 Å². The van der Waals surface area contributed by atoms with E-state index in [0.717, 1.165) is 18.5 Å². The fourth-order valence-electron chi connectivity index (χ4n) is 2.33. The zero-order valence-corrected chi connectivity index (χ0v) is 9.81. The van der Waals surface area contributed by atoms with Crippen molar-refractivity contribution in [3.63, 3.8) is 0 Å². The molecule has 1 aliphatic heterocycles. The molecule has 0 saturated carbocycles. The number of likely N-dealkylation sites (tertiary alicyclic amines) is 1. The Labute approximate surface area is 97.9 Å². The molecule has 1 saturated heterocycles. The van der Waals surface area contributed by atoms with Crippen molar-refractivity contribution in [2.75, 3.05) is 19.6 Å². The van der Waals surface area contributed by atoms with Crippen LogP contribution in [0.2, 0.25) is 0 Å². The Morgan fingerprint density at radius 1 is 1.06 bits per heavy atom. The first-order chi connectivity index (χ1) is 7.86. The summed E-state index contributed by atoms with van der Waals surface area (Å²) in [6.45, 7) is 3.44. The zero-order chi connectivity index (χ0) is 11.2. The van der Waals surface area contributed by atoms with E-state index in [0.29, 0.717) is 0 Å². The Morgan fingerprint density at radius 3 is 2.44 bits per heavy atom. The molecule has 2 heteroatoms. The predicted molar refractivity (Wildman–Crippen MR) is 66.3 cm³/mol. The molecule has 1 atom stereocenters. The number of aliphatic hydroxyl groups is 1. The van der Waals surface area contributed by atoms with E-state index in [-0.39, 0.29) is 6.10 Å². The van der Waals surface area contributed by atoms with Gasteiger partial charge in [0.25, 0.3) is 0 Å². The molecule has 1 aromatic rings. The molecule has 0 aromatic heterocycles. The van der Waals surface area contributed by atoms with E-state index < -0.39 is 0 Å². The largest absolute Gasteiger partial charge is 0.388 e. The minimum atomic E-state index is -0.303. The van der Waals surface area contributed by atoms with Gasteiger partial charge in [0.2, 0.25) is 0 Å². The Kier molecular flexibility index (Phi) is 4.37. The second-order valence-electron chi connectivity index (χ2n) is 4.62. The van der Waals surface area contributed by atoms with E-state index in [2.05, 4.69) is 4.90 Å². The van der Waals surface area contributed by atoms with Crippen LogP contribution in [0.15, 0.2) is 30.3 Å². The highest BCUT2D eigenvalue weighted by Gasteiger charge is 2.12. The Balaban J connectivity index is 1.77. The van der Waals surface area contributed by atoms with Gasteiger partial charge in [0.15, 0.2) is 0 Å². The van der Waals surface area contributed by atoms with Crippen LogP contribution in [-0.2, 0) is 0 Å². The molecule has 16 heavy (non-hydrogen) atoms. The highest BCUT2D eigenvalue weighted by Crippen LogP contribution is 2.17. The molecular formula is C14H21NO. The summed E-state index contributed by atoms with van der Waals surface area (Å²) in [5, 5.41) is 10.0. The van der Waals surface area contributed by atoms with Crippen molar-refractivity contribution in [2.24, 2.45) is 0 Å². The number of benzene rings is 1. The fraction of sp³-hybridized carbons (Fsp3) is 0.571. The number of rotatable bonds is 4. The topological polar surface area (TPSA) is 23.5 Å². The van der Waals surface area contributed by atoms with E-state index in [4.69, 9.17) is 0 Å². The smallest absolute Gasteiger partial charge is 0.0802 e. The normalized spacial score (nSPS) is 19.6. The molecule has 1 aliphatic rings. The molecule has 0 aliphatic carbocycles. The van der Waals surface area contributed by atoms with Gasteiger partial charge in [-0.25, -0.2) is 0 Å². The number of nitrogens with zero attached hydrogens (tertiary/aromatic N) is 1. The summed E-state index contributed by atoms with van der Waals surface area (Å²) in [5.74, 6) is 0. The third kappa shape index (κ3) is 3.32. The molecule has 0 bridgehead atoms. The van der Waals surface area contributed by atoms with Crippen LogP contribution in [0.3, 0.4) is 0 Å². The van der Waals surface area contributed by atoms with Gasteiger partial charge in [-0.15, -0.1) is 0 Å². The first-order valence-electron chi connectivity index (χ1n) is 6.31. The summed E-state index contributed by atoms with van der Waals surface area (Å²) >= 11 is 0. The summed E-state index contributed by atoms with van der Waals surface area (Å²) in [7, 11) is 0. The molecule has 2 nitrogen and oxygen atoms in total. The lowest BCUT2D eigenvalue weighted by Gasteiger charge is -2.27. The van der Waals surface area contributed by atoms with Gasteiger partial charge in [0, 0.05) is 6.54 Å². The third-order valence-corrected chi connectivity index (χ3v) is 3.35. The molecule has 1 fully saturated rings. The maximum absolute atomic E-state index is 10.0. The molecular weight excluding hydrogens is 198 g/mol. The molecule has 1 N–H and O–H groups in total. The van der Waals surface area contributed by atoms with Gasteiger partial charge in [-0.05, 0) is 37.9 Å². The highest BCUT2D eigenvalue weighted by molar-refractivity contribution is 5.17. The van der Waals surface area contributed by atoms with Gasteiger partial charge in [0.1, 0.15) is 0 Å². The molecule has 2 rings (SSSR count). The molecule has 0 spiro atoms. The van der Waals surface area contributed by atoms with E-state index in [9.17, 15) is 5.11 Å². The van der Waals surface area contributed by atoms with Gasteiger partial charge >= 0.3 is 0 Å². The van der Waals surface area contributed by atoms with Crippen molar-refractivity contribution in [1.82, 2.24) is 4.90 Å². The quantitative estimate of drug-likeness (QED) is 0.841. The van der Waals surface area contributed by atoms with Crippen molar-refractivity contribution in [3.05, 3.63) is 35.9 Å². The molecule has 88 valence electrons. The van der Waals surface area contributed by atoms with E-state index in [1.807, 2.05) is 30.3 Å². The SMILES string of the molecule is O[C@H](CCN1CCCCC1)c1ccccc1. The highest BCUT2D eigenvalue weighted by atomic mass is 16.3. The minimum absolute atomic E-state index is 0.303. The second-order valence-corrected chi connectivity index (χ2v) is 4.62.